The maximum absolute atomic E-state index is 9.29. The second-order valence-corrected chi connectivity index (χ2v) is 5.72. The Labute approximate surface area is 99.2 Å². The average Bonchev–Trinajstić information content (AvgIpc) is 2.57. The van der Waals surface area contributed by atoms with Crippen molar-refractivity contribution in [3.8, 4) is 6.07 Å². The molecule has 0 aromatic rings. The topological polar surface area (TPSA) is 45.0 Å². The molecule has 1 N–H and O–H groups in total. The summed E-state index contributed by atoms with van der Waals surface area (Å²) in [4.78, 5) is 0. The van der Waals surface area contributed by atoms with Crippen LogP contribution in [0.25, 0.3) is 0 Å². The molecule has 0 spiro atoms. The Morgan fingerprint density at radius 1 is 1.50 bits per heavy atom. The van der Waals surface area contributed by atoms with E-state index in [2.05, 4.69) is 39.1 Å². The molecule has 0 heterocycles. The largest absolute Gasteiger partial charge is 0.373 e. The lowest BCUT2D eigenvalue weighted by atomic mass is 9.99. The second kappa shape index (κ2) is 5.16. The van der Waals surface area contributed by atoms with Gasteiger partial charge in [-0.1, -0.05) is 6.92 Å². The highest BCUT2D eigenvalue weighted by Gasteiger charge is 2.40. The van der Waals surface area contributed by atoms with Crippen LogP contribution in [0, 0.1) is 11.3 Å². The van der Waals surface area contributed by atoms with Gasteiger partial charge in [-0.15, -0.1) is 0 Å². The Bertz CT molecular complexity index is 264. The number of nitrogens with one attached hydrogen (secondary N) is 1. The van der Waals surface area contributed by atoms with Crippen LogP contribution in [0.4, 0.5) is 0 Å². The first-order chi connectivity index (χ1) is 7.41. The summed E-state index contributed by atoms with van der Waals surface area (Å²) in [7, 11) is 0. The minimum absolute atomic E-state index is 0.110. The smallest absolute Gasteiger partial charge is 0.109 e. The molecule has 1 saturated carbocycles. The Morgan fingerprint density at radius 2 is 2.19 bits per heavy atom. The van der Waals surface area contributed by atoms with Crippen molar-refractivity contribution in [1.29, 1.82) is 5.26 Å². The van der Waals surface area contributed by atoms with Crippen LogP contribution in [0.15, 0.2) is 0 Å². The minimum Gasteiger partial charge on any atom is -0.373 e. The van der Waals surface area contributed by atoms with Crippen molar-refractivity contribution < 1.29 is 4.74 Å². The van der Waals surface area contributed by atoms with Crippen LogP contribution < -0.4 is 5.32 Å². The van der Waals surface area contributed by atoms with Gasteiger partial charge in [0.1, 0.15) is 5.54 Å². The first-order valence-electron chi connectivity index (χ1n) is 6.25. The van der Waals surface area contributed by atoms with Gasteiger partial charge in [-0.3, -0.25) is 5.32 Å². The molecule has 1 rings (SSSR count). The van der Waals surface area contributed by atoms with E-state index >= 15 is 0 Å². The Balaban J connectivity index is 2.51. The molecule has 3 heteroatoms. The van der Waals surface area contributed by atoms with Crippen LogP contribution >= 0.6 is 0 Å². The summed E-state index contributed by atoms with van der Waals surface area (Å²) in [6.45, 7) is 9.24. The fraction of sp³-hybridized carbons (Fsp3) is 0.923. The molecule has 2 atom stereocenters. The number of hydrogen-bond donors (Lipinski definition) is 1. The SMILES string of the molecule is CCCNC1(C#N)CCC(OC(C)(C)C)C1. The molecule has 1 aliphatic carbocycles. The highest BCUT2D eigenvalue weighted by molar-refractivity contribution is 5.12. The molecule has 0 amide bonds. The van der Waals surface area contributed by atoms with Crippen LogP contribution in [-0.4, -0.2) is 23.8 Å². The van der Waals surface area contributed by atoms with Gasteiger partial charge in [-0.25, -0.2) is 0 Å². The number of nitriles is 1. The maximum Gasteiger partial charge on any atom is 0.109 e. The zero-order chi connectivity index (χ0) is 12.2. The Hall–Kier alpha value is -0.590. The van der Waals surface area contributed by atoms with E-state index in [1.54, 1.807) is 0 Å². The fourth-order valence-electron chi connectivity index (χ4n) is 2.27. The molecule has 1 aliphatic rings. The Kier molecular flexibility index (Phi) is 4.35. The van der Waals surface area contributed by atoms with Crippen molar-refractivity contribution in [1.82, 2.24) is 5.32 Å². The zero-order valence-corrected chi connectivity index (χ0v) is 11.0. The zero-order valence-electron chi connectivity index (χ0n) is 11.0. The summed E-state index contributed by atoms with van der Waals surface area (Å²) in [5.74, 6) is 0. The summed E-state index contributed by atoms with van der Waals surface area (Å²) in [5, 5.41) is 12.7. The number of ether oxygens (including phenoxy) is 1. The standard InChI is InChI=1S/C13H24N2O/c1-5-8-15-13(10-14)7-6-11(9-13)16-12(2,3)4/h11,15H,5-9H2,1-4H3. The summed E-state index contributed by atoms with van der Waals surface area (Å²) < 4.78 is 5.94. The van der Waals surface area contributed by atoms with Gasteiger partial charge in [0.25, 0.3) is 0 Å². The molecule has 2 unspecified atom stereocenters. The van der Waals surface area contributed by atoms with E-state index < -0.39 is 0 Å². The molecular formula is C13H24N2O. The average molecular weight is 224 g/mol. The van der Waals surface area contributed by atoms with Crippen molar-refractivity contribution in [2.24, 2.45) is 0 Å². The van der Waals surface area contributed by atoms with E-state index in [9.17, 15) is 5.26 Å². The maximum atomic E-state index is 9.29. The summed E-state index contributed by atoms with van der Waals surface area (Å²) in [6.07, 6.45) is 4.00. The van der Waals surface area contributed by atoms with Crippen LogP contribution in [0.5, 0.6) is 0 Å². The number of nitrogens with zero attached hydrogens (tertiary/aromatic N) is 1. The molecule has 92 valence electrons. The molecular weight excluding hydrogens is 200 g/mol. The molecule has 16 heavy (non-hydrogen) atoms. The quantitative estimate of drug-likeness (QED) is 0.798. The van der Waals surface area contributed by atoms with Crippen LogP contribution in [0.2, 0.25) is 0 Å². The van der Waals surface area contributed by atoms with Crippen molar-refractivity contribution in [3.63, 3.8) is 0 Å². The van der Waals surface area contributed by atoms with Crippen molar-refractivity contribution >= 4 is 0 Å². The Morgan fingerprint density at radius 3 is 2.69 bits per heavy atom. The van der Waals surface area contributed by atoms with Gasteiger partial charge in [-0.2, -0.15) is 5.26 Å². The third-order valence-electron chi connectivity index (χ3n) is 2.92. The lowest BCUT2D eigenvalue weighted by Crippen LogP contribution is -2.42. The normalized spacial score (nSPS) is 30.3. The third kappa shape index (κ3) is 3.77. The second-order valence-electron chi connectivity index (χ2n) is 5.72. The van der Waals surface area contributed by atoms with E-state index in [0.717, 1.165) is 32.2 Å². The van der Waals surface area contributed by atoms with Crippen LogP contribution in [0.3, 0.4) is 0 Å². The summed E-state index contributed by atoms with van der Waals surface area (Å²) >= 11 is 0. The van der Waals surface area contributed by atoms with Gasteiger partial charge >= 0.3 is 0 Å². The fourth-order valence-corrected chi connectivity index (χ4v) is 2.27. The van der Waals surface area contributed by atoms with E-state index in [-0.39, 0.29) is 17.2 Å². The predicted octanol–water partition coefficient (Wildman–Crippen LogP) is 2.62. The van der Waals surface area contributed by atoms with Gasteiger partial charge in [0.05, 0.1) is 17.8 Å². The van der Waals surface area contributed by atoms with E-state index in [1.807, 2.05) is 0 Å². The molecule has 0 aromatic heterocycles. The minimum atomic E-state index is -0.341. The molecule has 0 aromatic carbocycles. The highest BCUT2D eigenvalue weighted by atomic mass is 16.5. The van der Waals surface area contributed by atoms with Gasteiger partial charge in [0.2, 0.25) is 0 Å². The third-order valence-corrected chi connectivity index (χ3v) is 2.92. The van der Waals surface area contributed by atoms with Gasteiger partial charge in [0, 0.05) is 6.42 Å². The molecule has 1 fully saturated rings. The van der Waals surface area contributed by atoms with E-state index in [1.165, 1.54) is 0 Å². The molecule has 3 nitrogen and oxygen atoms in total. The number of rotatable bonds is 4. The lowest BCUT2D eigenvalue weighted by molar-refractivity contribution is -0.0577. The van der Waals surface area contributed by atoms with Gasteiger partial charge in [0.15, 0.2) is 0 Å². The van der Waals surface area contributed by atoms with Crippen LogP contribution in [0.1, 0.15) is 53.4 Å². The molecule has 0 aliphatic heterocycles. The summed E-state index contributed by atoms with van der Waals surface area (Å²) in [6, 6.07) is 2.44. The lowest BCUT2D eigenvalue weighted by Gasteiger charge is -2.26. The first kappa shape index (κ1) is 13.5. The van der Waals surface area contributed by atoms with Gasteiger partial charge in [-0.05, 0) is 46.6 Å². The van der Waals surface area contributed by atoms with Crippen molar-refractivity contribution in [2.45, 2.75) is 70.6 Å². The molecule has 0 bridgehead atoms. The van der Waals surface area contributed by atoms with E-state index in [4.69, 9.17) is 4.74 Å². The predicted molar refractivity (Wildman–Crippen MR) is 65.1 cm³/mol. The van der Waals surface area contributed by atoms with Crippen LogP contribution in [-0.2, 0) is 4.74 Å². The monoisotopic (exact) mass is 224 g/mol. The molecule has 0 radical (unpaired) electrons. The number of hydrogen-bond acceptors (Lipinski definition) is 3. The first-order valence-corrected chi connectivity index (χ1v) is 6.25. The summed E-state index contributed by atoms with van der Waals surface area (Å²) in [5.41, 5.74) is -0.452. The molecule has 0 saturated heterocycles. The van der Waals surface area contributed by atoms with Gasteiger partial charge < -0.3 is 4.74 Å². The van der Waals surface area contributed by atoms with Crippen molar-refractivity contribution in [3.05, 3.63) is 0 Å². The van der Waals surface area contributed by atoms with E-state index in [0.29, 0.717) is 0 Å². The van der Waals surface area contributed by atoms with Crippen molar-refractivity contribution in [2.75, 3.05) is 6.54 Å². The highest BCUT2D eigenvalue weighted by Crippen LogP contribution is 2.33.